The lowest BCUT2D eigenvalue weighted by atomic mass is 10.1. The minimum atomic E-state index is 0.348. The van der Waals surface area contributed by atoms with E-state index in [0.29, 0.717) is 12.1 Å². The van der Waals surface area contributed by atoms with Crippen molar-refractivity contribution < 1.29 is 9.47 Å². The van der Waals surface area contributed by atoms with E-state index in [1.54, 1.807) is 7.11 Å². The van der Waals surface area contributed by atoms with Gasteiger partial charge in [-0.2, -0.15) is 0 Å². The van der Waals surface area contributed by atoms with E-state index in [2.05, 4.69) is 41.4 Å². The minimum absolute atomic E-state index is 0.348. The van der Waals surface area contributed by atoms with E-state index < -0.39 is 0 Å². The van der Waals surface area contributed by atoms with Crippen LogP contribution in [0, 0.1) is 0 Å². The van der Waals surface area contributed by atoms with Gasteiger partial charge >= 0.3 is 0 Å². The summed E-state index contributed by atoms with van der Waals surface area (Å²) in [7, 11) is 3.83. The summed E-state index contributed by atoms with van der Waals surface area (Å²) in [4.78, 5) is 2.47. The summed E-state index contributed by atoms with van der Waals surface area (Å²) < 4.78 is 11.1. The molecule has 0 aromatic heterocycles. The molecule has 1 fully saturated rings. The molecule has 21 heavy (non-hydrogen) atoms. The molecule has 1 N–H and O–H groups in total. The van der Waals surface area contributed by atoms with Gasteiger partial charge in [0, 0.05) is 32.8 Å². The molecule has 4 heteroatoms. The van der Waals surface area contributed by atoms with Crippen LogP contribution in [0.2, 0.25) is 0 Å². The van der Waals surface area contributed by atoms with Gasteiger partial charge in [0.25, 0.3) is 0 Å². The summed E-state index contributed by atoms with van der Waals surface area (Å²) in [5.74, 6) is 0.955. The zero-order valence-electron chi connectivity index (χ0n) is 13.5. The molecule has 0 bridgehead atoms. The van der Waals surface area contributed by atoms with Crippen LogP contribution >= 0.6 is 0 Å². The highest BCUT2D eigenvalue weighted by Crippen LogP contribution is 2.21. The maximum Gasteiger partial charge on any atom is 0.119 e. The molecule has 0 radical (unpaired) electrons. The fraction of sp³-hybridized carbons (Fsp3) is 0.647. The van der Waals surface area contributed by atoms with Crippen LogP contribution in [0.25, 0.3) is 0 Å². The first-order valence-electron chi connectivity index (χ1n) is 7.92. The SMILES string of the molecule is CCCOc1ccc(C(CN2CCC(OC)C2)NC)cc1. The smallest absolute Gasteiger partial charge is 0.119 e. The quantitative estimate of drug-likeness (QED) is 0.798. The molecule has 0 aliphatic carbocycles. The summed E-state index contributed by atoms with van der Waals surface area (Å²) >= 11 is 0. The van der Waals surface area contributed by atoms with Gasteiger partial charge in [-0.25, -0.2) is 0 Å². The summed E-state index contributed by atoms with van der Waals surface area (Å²) in [6, 6.07) is 8.81. The van der Waals surface area contributed by atoms with E-state index in [0.717, 1.165) is 44.8 Å². The van der Waals surface area contributed by atoms with Crippen molar-refractivity contribution in [1.82, 2.24) is 10.2 Å². The van der Waals surface area contributed by atoms with Crippen LogP contribution in [0.5, 0.6) is 5.75 Å². The summed E-state index contributed by atoms with van der Waals surface area (Å²) in [6.45, 7) is 6.07. The van der Waals surface area contributed by atoms with Gasteiger partial charge in [0.05, 0.1) is 12.7 Å². The standard InChI is InChI=1S/C17H28N2O2/c1-4-11-21-15-7-5-14(6-8-15)17(18-2)13-19-10-9-16(12-19)20-3/h5-8,16-18H,4,9-13H2,1-3H3. The third-order valence-electron chi connectivity index (χ3n) is 4.11. The van der Waals surface area contributed by atoms with Crippen molar-refractivity contribution in [3.63, 3.8) is 0 Å². The number of ether oxygens (including phenoxy) is 2. The van der Waals surface area contributed by atoms with Crippen LogP contribution in [0.1, 0.15) is 31.4 Å². The third kappa shape index (κ3) is 4.70. The molecule has 1 aromatic carbocycles. The van der Waals surface area contributed by atoms with E-state index >= 15 is 0 Å². The number of benzene rings is 1. The molecule has 4 nitrogen and oxygen atoms in total. The molecule has 2 unspecified atom stereocenters. The number of rotatable bonds is 8. The number of nitrogens with zero attached hydrogens (tertiary/aromatic N) is 1. The van der Waals surface area contributed by atoms with Crippen molar-refractivity contribution >= 4 is 0 Å². The maximum atomic E-state index is 5.64. The Balaban J connectivity index is 1.91. The van der Waals surface area contributed by atoms with E-state index in [1.165, 1.54) is 5.56 Å². The number of methoxy groups -OCH3 is 1. The highest BCUT2D eigenvalue weighted by molar-refractivity contribution is 5.29. The van der Waals surface area contributed by atoms with Crippen molar-refractivity contribution in [2.75, 3.05) is 40.4 Å². The first-order chi connectivity index (χ1) is 10.3. The Labute approximate surface area is 128 Å². The van der Waals surface area contributed by atoms with E-state index in [-0.39, 0.29) is 0 Å². The Kier molecular flexibility index (Phi) is 6.49. The van der Waals surface area contributed by atoms with Crippen LogP contribution in [0.4, 0.5) is 0 Å². The second kappa shape index (κ2) is 8.37. The highest BCUT2D eigenvalue weighted by atomic mass is 16.5. The molecular weight excluding hydrogens is 264 g/mol. The summed E-state index contributed by atoms with van der Waals surface area (Å²) in [5.41, 5.74) is 1.31. The Bertz CT molecular complexity index is 408. The molecule has 0 spiro atoms. The molecule has 1 heterocycles. The second-order valence-electron chi connectivity index (χ2n) is 5.66. The lowest BCUT2D eigenvalue weighted by Crippen LogP contribution is -2.33. The first kappa shape index (κ1) is 16.3. The van der Waals surface area contributed by atoms with Gasteiger partial charge in [0.1, 0.15) is 5.75 Å². The fourth-order valence-electron chi connectivity index (χ4n) is 2.79. The van der Waals surface area contributed by atoms with Crippen molar-refractivity contribution in [1.29, 1.82) is 0 Å². The van der Waals surface area contributed by atoms with Crippen molar-refractivity contribution in [2.45, 2.75) is 31.9 Å². The topological polar surface area (TPSA) is 33.7 Å². The van der Waals surface area contributed by atoms with Crippen LogP contribution in [0.3, 0.4) is 0 Å². The van der Waals surface area contributed by atoms with Gasteiger partial charge < -0.3 is 14.8 Å². The molecule has 0 saturated carbocycles. The molecule has 1 aromatic rings. The largest absolute Gasteiger partial charge is 0.494 e. The van der Waals surface area contributed by atoms with Crippen LogP contribution in [-0.4, -0.2) is 51.4 Å². The average molecular weight is 292 g/mol. The van der Waals surface area contributed by atoms with E-state index in [1.807, 2.05) is 7.05 Å². The normalized spacial score (nSPS) is 20.6. The monoisotopic (exact) mass is 292 g/mol. The van der Waals surface area contributed by atoms with E-state index in [9.17, 15) is 0 Å². The van der Waals surface area contributed by atoms with Crippen LogP contribution in [0.15, 0.2) is 24.3 Å². The van der Waals surface area contributed by atoms with E-state index in [4.69, 9.17) is 9.47 Å². The van der Waals surface area contributed by atoms with Gasteiger partial charge in [-0.3, -0.25) is 4.90 Å². The maximum absolute atomic E-state index is 5.64. The Morgan fingerprint density at radius 3 is 2.67 bits per heavy atom. The fourth-order valence-corrected chi connectivity index (χ4v) is 2.79. The molecule has 2 rings (SSSR count). The second-order valence-corrected chi connectivity index (χ2v) is 5.66. The lowest BCUT2D eigenvalue weighted by Gasteiger charge is -2.24. The van der Waals surface area contributed by atoms with Gasteiger partial charge in [-0.1, -0.05) is 19.1 Å². The number of hydrogen-bond donors (Lipinski definition) is 1. The zero-order valence-corrected chi connectivity index (χ0v) is 13.5. The Hall–Kier alpha value is -1.10. The molecular formula is C17H28N2O2. The number of hydrogen-bond acceptors (Lipinski definition) is 4. The summed E-state index contributed by atoms with van der Waals surface area (Å²) in [5, 5.41) is 3.42. The number of likely N-dealkylation sites (tertiary alicyclic amines) is 1. The molecule has 1 saturated heterocycles. The molecule has 1 aliphatic heterocycles. The van der Waals surface area contributed by atoms with Crippen LogP contribution in [-0.2, 0) is 4.74 Å². The zero-order chi connectivity index (χ0) is 15.1. The van der Waals surface area contributed by atoms with Gasteiger partial charge in [-0.05, 0) is 37.6 Å². The first-order valence-corrected chi connectivity index (χ1v) is 7.92. The van der Waals surface area contributed by atoms with Gasteiger partial charge in [-0.15, -0.1) is 0 Å². The van der Waals surface area contributed by atoms with Gasteiger partial charge in [0.15, 0.2) is 0 Å². The van der Waals surface area contributed by atoms with Crippen molar-refractivity contribution in [2.24, 2.45) is 0 Å². The minimum Gasteiger partial charge on any atom is -0.494 e. The third-order valence-corrected chi connectivity index (χ3v) is 4.11. The van der Waals surface area contributed by atoms with Crippen molar-refractivity contribution in [3.05, 3.63) is 29.8 Å². The molecule has 2 atom stereocenters. The molecule has 1 aliphatic rings. The van der Waals surface area contributed by atoms with Gasteiger partial charge in [0.2, 0.25) is 0 Å². The predicted molar refractivity (Wildman–Crippen MR) is 85.9 cm³/mol. The van der Waals surface area contributed by atoms with Crippen LogP contribution < -0.4 is 10.1 Å². The lowest BCUT2D eigenvalue weighted by molar-refractivity contribution is 0.107. The predicted octanol–water partition coefficient (Wildman–Crippen LogP) is 2.46. The molecule has 0 amide bonds. The Morgan fingerprint density at radius 2 is 2.10 bits per heavy atom. The number of likely N-dealkylation sites (N-methyl/N-ethyl adjacent to an activating group) is 1. The molecule has 118 valence electrons. The number of nitrogens with one attached hydrogen (secondary N) is 1. The van der Waals surface area contributed by atoms with Crippen molar-refractivity contribution in [3.8, 4) is 5.75 Å². The average Bonchev–Trinajstić information content (AvgIpc) is 2.99. The highest BCUT2D eigenvalue weighted by Gasteiger charge is 2.24. The summed E-state index contributed by atoms with van der Waals surface area (Å²) in [6.07, 6.45) is 2.57. The Morgan fingerprint density at radius 1 is 1.33 bits per heavy atom.